The van der Waals surface area contributed by atoms with Gasteiger partial charge in [0.05, 0.1) is 16.6 Å². The number of phenols is 2. The molecular formula is C22H15BrN2O3. The number of aromatic hydroxyl groups is 2. The van der Waals surface area contributed by atoms with Crippen molar-refractivity contribution < 1.29 is 10.2 Å². The third-order valence-corrected chi connectivity index (χ3v) is 4.80. The second-order valence-electron chi connectivity index (χ2n) is 6.18. The van der Waals surface area contributed by atoms with Crippen molar-refractivity contribution in [3.8, 4) is 17.2 Å². The average molecular weight is 435 g/mol. The maximum Gasteiger partial charge on any atom is 0.266 e. The lowest BCUT2D eigenvalue weighted by molar-refractivity contribution is 0.473. The first-order chi connectivity index (χ1) is 13.5. The smallest absolute Gasteiger partial charge is 0.266 e. The molecule has 0 aliphatic rings. The van der Waals surface area contributed by atoms with Gasteiger partial charge >= 0.3 is 0 Å². The summed E-state index contributed by atoms with van der Waals surface area (Å²) in [6.07, 6.45) is 3.38. The quantitative estimate of drug-likeness (QED) is 0.488. The van der Waals surface area contributed by atoms with Gasteiger partial charge in [-0.25, -0.2) is 4.98 Å². The zero-order valence-electron chi connectivity index (χ0n) is 14.6. The maximum atomic E-state index is 13.1. The summed E-state index contributed by atoms with van der Waals surface area (Å²) in [5.41, 5.74) is 1.54. The lowest BCUT2D eigenvalue weighted by Crippen LogP contribution is -2.22. The summed E-state index contributed by atoms with van der Waals surface area (Å²) in [5, 5.41) is 20.1. The third-order valence-electron chi connectivity index (χ3n) is 4.31. The molecule has 4 rings (SSSR count). The molecule has 5 nitrogen and oxygen atoms in total. The number of fused-ring (bicyclic) bond motifs is 1. The summed E-state index contributed by atoms with van der Waals surface area (Å²) in [5.74, 6) is 0.647. The van der Waals surface area contributed by atoms with E-state index in [2.05, 4.69) is 20.9 Å². The zero-order chi connectivity index (χ0) is 19.7. The lowest BCUT2D eigenvalue weighted by atomic mass is 10.1. The molecule has 0 saturated carbocycles. The van der Waals surface area contributed by atoms with Gasteiger partial charge in [0, 0.05) is 10.0 Å². The standard InChI is InChI=1S/C22H15BrN2O3/c23-15-6-11-20(27)14(13-15)5-12-21-24-19-4-2-1-3-18(19)22(28)25(21)16-7-9-17(26)10-8-16/h1-13,26-27H/b12-5+. The number of benzene rings is 3. The predicted molar refractivity (Wildman–Crippen MR) is 114 cm³/mol. The van der Waals surface area contributed by atoms with Gasteiger partial charge in [0.1, 0.15) is 17.3 Å². The van der Waals surface area contributed by atoms with Crippen molar-refractivity contribution in [3.05, 3.63) is 92.9 Å². The molecule has 0 aliphatic carbocycles. The summed E-state index contributed by atoms with van der Waals surface area (Å²) >= 11 is 3.39. The third kappa shape index (κ3) is 3.42. The van der Waals surface area contributed by atoms with Crippen LogP contribution in [0.1, 0.15) is 11.4 Å². The van der Waals surface area contributed by atoms with Crippen LogP contribution in [0, 0.1) is 0 Å². The molecule has 0 atom stereocenters. The van der Waals surface area contributed by atoms with E-state index < -0.39 is 0 Å². The molecule has 6 heteroatoms. The van der Waals surface area contributed by atoms with E-state index in [0.29, 0.717) is 28.0 Å². The average Bonchev–Trinajstić information content (AvgIpc) is 2.70. The Balaban J connectivity index is 1.94. The molecule has 4 aromatic rings. The molecule has 1 aromatic heterocycles. The molecule has 0 fully saturated rings. The largest absolute Gasteiger partial charge is 0.508 e. The van der Waals surface area contributed by atoms with Crippen molar-refractivity contribution in [2.45, 2.75) is 0 Å². The van der Waals surface area contributed by atoms with E-state index in [1.165, 1.54) is 16.7 Å². The molecule has 28 heavy (non-hydrogen) atoms. The van der Waals surface area contributed by atoms with Gasteiger partial charge in [-0.1, -0.05) is 28.1 Å². The molecule has 0 amide bonds. The number of hydrogen-bond donors (Lipinski definition) is 2. The minimum absolute atomic E-state index is 0.113. The first-order valence-electron chi connectivity index (χ1n) is 8.51. The van der Waals surface area contributed by atoms with Gasteiger partial charge in [0.25, 0.3) is 5.56 Å². The summed E-state index contributed by atoms with van der Waals surface area (Å²) in [6, 6.07) is 18.6. The van der Waals surface area contributed by atoms with Gasteiger partial charge in [-0.05, 0) is 66.7 Å². The number of phenolic OH excluding ortho intramolecular Hbond substituents is 2. The summed E-state index contributed by atoms with van der Waals surface area (Å²) < 4.78 is 2.31. The van der Waals surface area contributed by atoms with E-state index in [4.69, 9.17) is 0 Å². The van der Waals surface area contributed by atoms with Crippen LogP contribution in [0.4, 0.5) is 0 Å². The van der Waals surface area contributed by atoms with E-state index in [-0.39, 0.29) is 17.1 Å². The second-order valence-corrected chi connectivity index (χ2v) is 7.10. The highest BCUT2D eigenvalue weighted by Gasteiger charge is 2.11. The Hall–Kier alpha value is -3.38. The number of halogens is 1. The molecule has 0 unspecified atom stereocenters. The van der Waals surface area contributed by atoms with Crippen molar-refractivity contribution in [2.24, 2.45) is 0 Å². The van der Waals surface area contributed by atoms with Crippen molar-refractivity contribution in [3.63, 3.8) is 0 Å². The molecule has 138 valence electrons. The molecule has 0 saturated heterocycles. The second kappa shape index (κ2) is 7.32. The van der Waals surface area contributed by atoms with Gasteiger partial charge in [0.2, 0.25) is 0 Å². The molecule has 2 N–H and O–H groups in total. The van der Waals surface area contributed by atoms with Gasteiger partial charge in [-0.2, -0.15) is 0 Å². The molecule has 0 spiro atoms. The van der Waals surface area contributed by atoms with Crippen molar-refractivity contribution >= 4 is 39.0 Å². The van der Waals surface area contributed by atoms with Crippen LogP contribution in [0.3, 0.4) is 0 Å². The number of aromatic nitrogens is 2. The first kappa shape index (κ1) is 18.0. The number of nitrogens with zero attached hydrogens (tertiary/aromatic N) is 2. The lowest BCUT2D eigenvalue weighted by Gasteiger charge is -2.11. The SMILES string of the molecule is O=c1c2ccccc2nc(/C=C/c2cc(Br)ccc2O)n1-c1ccc(O)cc1. The fourth-order valence-corrected chi connectivity index (χ4v) is 3.31. The fourth-order valence-electron chi connectivity index (χ4n) is 2.94. The Labute approximate surface area is 169 Å². The highest BCUT2D eigenvalue weighted by atomic mass is 79.9. The van der Waals surface area contributed by atoms with Crippen LogP contribution in [-0.4, -0.2) is 19.8 Å². The van der Waals surface area contributed by atoms with Gasteiger partial charge in [-0.3, -0.25) is 9.36 Å². The molecule has 0 radical (unpaired) electrons. The summed E-state index contributed by atoms with van der Waals surface area (Å²) in [4.78, 5) is 17.8. The zero-order valence-corrected chi connectivity index (χ0v) is 16.2. The normalized spacial score (nSPS) is 11.3. The van der Waals surface area contributed by atoms with Gasteiger partial charge < -0.3 is 10.2 Å². The number of rotatable bonds is 3. The number of hydrogen-bond acceptors (Lipinski definition) is 4. The Morgan fingerprint density at radius 2 is 1.68 bits per heavy atom. The van der Waals surface area contributed by atoms with Gasteiger partial charge in [-0.15, -0.1) is 0 Å². The Kier molecular flexibility index (Phi) is 4.71. The minimum Gasteiger partial charge on any atom is -0.508 e. The molecule has 0 bridgehead atoms. The van der Waals surface area contributed by atoms with Crippen LogP contribution >= 0.6 is 15.9 Å². The highest BCUT2D eigenvalue weighted by molar-refractivity contribution is 9.10. The van der Waals surface area contributed by atoms with E-state index in [9.17, 15) is 15.0 Å². The Bertz CT molecular complexity index is 1260. The van der Waals surface area contributed by atoms with E-state index >= 15 is 0 Å². The topological polar surface area (TPSA) is 75.3 Å². The van der Waals surface area contributed by atoms with E-state index in [1.54, 1.807) is 60.7 Å². The maximum absolute atomic E-state index is 13.1. The van der Waals surface area contributed by atoms with Crippen LogP contribution in [0.15, 0.2) is 76.0 Å². The molecule has 1 heterocycles. The molecule has 0 aliphatic heterocycles. The molecular weight excluding hydrogens is 420 g/mol. The van der Waals surface area contributed by atoms with Crippen LogP contribution in [-0.2, 0) is 0 Å². The summed E-state index contributed by atoms with van der Waals surface area (Å²) in [7, 11) is 0. The van der Waals surface area contributed by atoms with Crippen LogP contribution in [0.25, 0.3) is 28.7 Å². The van der Waals surface area contributed by atoms with Gasteiger partial charge in [0.15, 0.2) is 0 Å². The first-order valence-corrected chi connectivity index (χ1v) is 9.30. The van der Waals surface area contributed by atoms with E-state index in [1.807, 2.05) is 6.07 Å². The van der Waals surface area contributed by atoms with Crippen molar-refractivity contribution in [1.82, 2.24) is 9.55 Å². The Morgan fingerprint density at radius 1 is 0.929 bits per heavy atom. The number of para-hydroxylation sites is 1. The molecule has 3 aromatic carbocycles. The van der Waals surface area contributed by atoms with Crippen LogP contribution in [0.5, 0.6) is 11.5 Å². The van der Waals surface area contributed by atoms with Crippen molar-refractivity contribution in [1.29, 1.82) is 0 Å². The monoisotopic (exact) mass is 434 g/mol. The highest BCUT2D eigenvalue weighted by Crippen LogP contribution is 2.24. The van der Waals surface area contributed by atoms with E-state index in [0.717, 1.165) is 4.47 Å². The minimum atomic E-state index is -0.214. The van der Waals surface area contributed by atoms with Crippen LogP contribution in [0.2, 0.25) is 0 Å². The predicted octanol–water partition coefficient (Wildman–Crippen LogP) is 4.73. The Morgan fingerprint density at radius 3 is 2.46 bits per heavy atom. The fraction of sp³-hybridized carbons (Fsp3) is 0. The summed E-state index contributed by atoms with van der Waals surface area (Å²) in [6.45, 7) is 0. The van der Waals surface area contributed by atoms with Crippen molar-refractivity contribution in [2.75, 3.05) is 0 Å². The van der Waals surface area contributed by atoms with Crippen LogP contribution < -0.4 is 5.56 Å².